The number of primary amides is 1. The Morgan fingerprint density at radius 1 is 1.44 bits per heavy atom. The fourth-order valence-corrected chi connectivity index (χ4v) is 2.52. The van der Waals surface area contributed by atoms with E-state index in [-0.39, 0.29) is 12.6 Å². The number of nitrogens with one attached hydrogen (secondary N) is 1. The summed E-state index contributed by atoms with van der Waals surface area (Å²) < 4.78 is 0. The number of hydrogen-bond acceptors (Lipinski definition) is 4. The zero-order valence-corrected chi connectivity index (χ0v) is 10.9. The van der Waals surface area contributed by atoms with Gasteiger partial charge in [-0.25, -0.2) is 0 Å². The number of carboxylic acid groups (broad SMARTS) is 1. The number of carbonyl (C=O) groups excluding carboxylic acids is 1. The summed E-state index contributed by atoms with van der Waals surface area (Å²) in [7, 11) is 0. The predicted octanol–water partition coefficient (Wildman–Crippen LogP) is -0.221. The maximum absolute atomic E-state index is 11.3. The highest BCUT2D eigenvalue weighted by molar-refractivity contribution is 5.78. The maximum atomic E-state index is 11.3. The SMILES string of the molecule is CCCC(C(=O)O)N(CC(N)=O)C1CCNCC1. The summed E-state index contributed by atoms with van der Waals surface area (Å²) in [5.41, 5.74) is 5.24. The van der Waals surface area contributed by atoms with Crippen molar-refractivity contribution in [1.82, 2.24) is 10.2 Å². The monoisotopic (exact) mass is 257 g/mol. The maximum Gasteiger partial charge on any atom is 0.320 e. The van der Waals surface area contributed by atoms with Crippen LogP contribution in [-0.2, 0) is 9.59 Å². The van der Waals surface area contributed by atoms with Crippen molar-refractivity contribution in [3.8, 4) is 0 Å². The van der Waals surface area contributed by atoms with E-state index in [1.165, 1.54) is 0 Å². The van der Waals surface area contributed by atoms with Crippen LogP contribution in [0.2, 0.25) is 0 Å². The Kier molecular flexibility index (Phi) is 6.07. The lowest BCUT2D eigenvalue weighted by molar-refractivity contribution is -0.145. The Labute approximate surface area is 108 Å². The Morgan fingerprint density at radius 2 is 2.06 bits per heavy atom. The van der Waals surface area contributed by atoms with Gasteiger partial charge in [0.2, 0.25) is 5.91 Å². The molecule has 104 valence electrons. The van der Waals surface area contributed by atoms with E-state index in [4.69, 9.17) is 5.73 Å². The zero-order valence-electron chi connectivity index (χ0n) is 10.9. The highest BCUT2D eigenvalue weighted by atomic mass is 16.4. The lowest BCUT2D eigenvalue weighted by atomic mass is 10.0. The van der Waals surface area contributed by atoms with Gasteiger partial charge in [-0.3, -0.25) is 14.5 Å². The van der Waals surface area contributed by atoms with E-state index in [1.807, 2.05) is 6.92 Å². The molecule has 6 nitrogen and oxygen atoms in total. The Hall–Kier alpha value is -1.14. The van der Waals surface area contributed by atoms with Crippen LogP contribution in [0.1, 0.15) is 32.6 Å². The Morgan fingerprint density at radius 3 is 2.50 bits per heavy atom. The summed E-state index contributed by atoms with van der Waals surface area (Å²) in [6.45, 7) is 3.69. The molecule has 4 N–H and O–H groups in total. The van der Waals surface area contributed by atoms with Gasteiger partial charge in [0, 0.05) is 6.04 Å². The zero-order chi connectivity index (χ0) is 13.5. The Bertz CT molecular complexity index is 290. The molecule has 1 fully saturated rings. The summed E-state index contributed by atoms with van der Waals surface area (Å²) in [6.07, 6.45) is 3.05. The molecule has 1 atom stereocenters. The smallest absolute Gasteiger partial charge is 0.320 e. The first-order chi connectivity index (χ1) is 8.56. The average molecular weight is 257 g/mol. The Balaban J connectivity index is 2.79. The van der Waals surface area contributed by atoms with Crippen LogP contribution >= 0.6 is 0 Å². The van der Waals surface area contributed by atoms with Crippen molar-refractivity contribution >= 4 is 11.9 Å². The summed E-state index contributed by atoms with van der Waals surface area (Å²) in [4.78, 5) is 24.3. The van der Waals surface area contributed by atoms with Crippen LogP contribution < -0.4 is 11.1 Å². The lowest BCUT2D eigenvalue weighted by Crippen LogP contribution is -2.53. The number of hydrogen-bond donors (Lipinski definition) is 3. The molecule has 0 radical (unpaired) electrons. The summed E-state index contributed by atoms with van der Waals surface area (Å²) in [6, 6.07) is -0.475. The second-order valence-electron chi connectivity index (χ2n) is 4.76. The summed E-state index contributed by atoms with van der Waals surface area (Å²) in [5, 5.41) is 12.5. The first kappa shape index (κ1) is 14.9. The fraction of sp³-hybridized carbons (Fsp3) is 0.833. The second-order valence-corrected chi connectivity index (χ2v) is 4.76. The van der Waals surface area contributed by atoms with Crippen LogP contribution in [0.3, 0.4) is 0 Å². The molecule has 1 aliphatic heterocycles. The van der Waals surface area contributed by atoms with Gasteiger partial charge in [-0.05, 0) is 32.4 Å². The molecule has 1 saturated heterocycles. The van der Waals surface area contributed by atoms with Crippen molar-refractivity contribution in [2.75, 3.05) is 19.6 Å². The van der Waals surface area contributed by atoms with Crippen LogP contribution in [-0.4, -0.2) is 53.6 Å². The van der Waals surface area contributed by atoms with Crippen molar-refractivity contribution in [3.63, 3.8) is 0 Å². The molecule has 1 aliphatic rings. The van der Waals surface area contributed by atoms with Gasteiger partial charge in [-0.2, -0.15) is 0 Å². The number of nitrogens with zero attached hydrogens (tertiary/aromatic N) is 1. The highest BCUT2D eigenvalue weighted by Gasteiger charge is 2.32. The molecule has 0 aromatic heterocycles. The summed E-state index contributed by atoms with van der Waals surface area (Å²) >= 11 is 0. The van der Waals surface area contributed by atoms with E-state index in [0.29, 0.717) is 6.42 Å². The van der Waals surface area contributed by atoms with Gasteiger partial charge in [0.1, 0.15) is 6.04 Å². The third-order valence-electron chi connectivity index (χ3n) is 3.36. The number of carboxylic acids is 1. The van der Waals surface area contributed by atoms with Crippen molar-refractivity contribution in [2.24, 2.45) is 5.73 Å². The van der Waals surface area contributed by atoms with Crippen LogP contribution in [0.25, 0.3) is 0 Å². The molecule has 6 heteroatoms. The first-order valence-corrected chi connectivity index (χ1v) is 6.53. The highest BCUT2D eigenvalue weighted by Crippen LogP contribution is 2.18. The molecule has 0 aromatic rings. The van der Waals surface area contributed by atoms with Crippen molar-refractivity contribution in [1.29, 1.82) is 0 Å². The number of carbonyl (C=O) groups is 2. The molecule has 1 rings (SSSR count). The molecule has 0 spiro atoms. The number of rotatable bonds is 7. The van der Waals surface area contributed by atoms with Gasteiger partial charge >= 0.3 is 5.97 Å². The van der Waals surface area contributed by atoms with Gasteiger partial charge < -0.3 is 16.2 Å². The number of nitrogens with two attached hydrogens (primary N) is 1. The van der Waals surface area contributed by atoms with E-state index in [9.17, 15) is 14.7 Å². The molecule has 0 saturated carbocycles. The molecule has 1 amide bonds. The van der Waals surface area contributed by atoms with E-state index in [0.717, 1.165) is 32.4 Å². The van der Waals surface area contributed by atoms with Crippen LogP contribution in [0, 0.1) is 0 Å². The number of aliphatic carboxylic acids is 1. The van der Waals surface area contributed by atoms with Crippen molar-refractivity contribution < 1.29 is 14.7 Å². The minimum Gasteiger partial charge on any atom is -0.480 e. The van der Waals surface area contributed by atoms with Crippen molar-refractivity contribution in [3.05, 3.63) is 0 Å². The van der Waals surface area contributed by atoms with Crippen LogP contribution in [0.5, 0.6) is 0 Å². The summed E-state index contributed by atoms with van der Waals surface area (Å²) in [5.74, 6) is -1.33. The van der Waals surface area contributed by atoms with Crippen LogP contribution in [0.4, 0.5) is 0 Å². The second kappa shape index (κ2) is 7.33. The van der Waals surface area contributed by atoms with Gasteiger partial charge in [0.15, 0.2) is 0 Å². The largest absolute Gasteiger partial charge is 0.480 e. The number of amides is 1. The molecule has 0 aromatic carbocycles. The third-order valence-corrected chi connectivity index (χ3v) is 3.36. The van der Waals surface area contributed by atoms with Crippen molar-refractivity contribution in [2.45, 2.75) is 44.7 Å². The minimum absolute atomic E-state index is 0.0294. The molecule has 18 heavy (non-hydrogen) atoms. The molecule has 0 aliphatic carbocycles. The number of piperidine rings is 1. The van der Waals surface area contributed by atoms with E-state index in [2.05, 4.69) is 5.32 Å². The fourth-order valence-electron chi connectivity index (χ4n) is 2.52. The first-order valence-electron chi connectivity index (χ1n) is 6.53. The van der Waals surface area contributed by atoms with Gasteiger partial charge in [0.25, 0.3) is 0 Å². The van der Waals surface area contributed by atoms with Gasteiger partial charge in [-0.1, -0.05) is 13.3 Å². The van der Waals surface area contributed by atoms with E-state index < -0.39 is 17.9 Å². The normalized spacial score (nSPS) is 18.8. The standard InChI is InChI=1S/C12H23N3O3/c1-2-3-10(12(17)18)15(8-11(13)16)9-4-6-14-7-5-9/h9-10,14H,2-8H2,1H3,(H2,13,16)(H,17,18). The lowest BCUT2D eigenvalue weighted by Gasteiger charge is -2.37. The molecule has 1 unspecified atom stereocenters. The molecular formula is C12H23N3O3. The third kappa shape index (κ3) is 4.27. The molecule has 0 bridgehead atoms. The topological polar surface area (TPSA) is 95.7 Å². The minimum atomic E-state index is -0.864. The molecular weight excluding hydrogens is 234 g/mol. The van der Waals surface area contributed by atoms with Gasteiger partial charge in [0.05, 0.1) is 6.54 Å². The molecule has 1 heterocycles. The average Bonchev–Trinajstić information content (AvgIpc) is 2.34. The predicted molar refractivity (Wildman–Crippen MR) is 68.1 cm³/mol. The van der Waals surface area contributed by atoms with Gasteiger partial charge in [-0.15, -0.1) is 0 Å². The van der Waals surface area contributed by atoms with E-state index in [1.54, 1.807) is 4.90 Å². The quantitative estimate of drug-likeness (QED) is 0.586. The van der Waals surface area contributed by atoms with E-state index >= 15 is 0 Å². The van der Waals surface area contributed by atoms with Crippen LogP contribution in [0.15, 0.2) is 0 Å².